The van der Waals surface area contributed by atoms with Gasteiger partial charge in [-0.2, -0.15) is 0 Å². The van der Waals surface area contributed by atoms with Crippen molar-refractivity contribution in [2.45, 2.75) is 0 Å². The summed E-state index contributed by atoms with van der Waals surface area (Å²) >= 11 is 7.33. The highest BCUT2D eigenvalue weighted by atomic mass is 35.5. The van der Waals surface area contributed by atoms with Crippen molar-refractivity contribution in [2.24, 2.45) is 0 Å². The maximum absolute atomic E-state index is 12.8. The molecule has 0 unspecified atom stereocenters. The normalized spacial score (nSPS) is 10.4. The predicted octanol–water partition coefficient (Wildman–Crippen LogP) is 5.30. The van der Waals surface area contributed by atoms with Gasteiger partial charge in [-0.15, -0.1) is 17.9 Å². The van der Waals surface area contributed by atoms with Crippen molar-refractivity contribution in [1.82, 2.24) is 4.98 Å². The lowest BCUT2D eigenvalue weighted by Gasteiger charge is -2.18. The van der Waals surface area contributed by atoms with Gasteiger partial charge in [-0.1, -0.05) is 48.0 Å². The molecule has 0 atom stereocenters. The van der Waals surface area contributed by atoms with Crippen LogP contribution >= 0.6 is 22.9 Å². The zero-order valence-corrected chi connectivity index (χ0v) is 14.4. The van der Waals surface area contributed by atoms with Crippen molar-refractivity contribution >= 4 is 34.0 Å². The van der Waals surface area contributed by atoms with E-state index in [-0.39, 0.29) is 5.91 Å². The van der Waals surface area contributed by atoms with Crippen LogP contribution in [0.3, 0.4) is 0 Å². The maximum Gasteiger partial charge on any atom is 0.260 e. The molecule has 0 radical (unpaired) electrons. The van der Waals surface area contributed by atoms with Crippen LogP contribution in [0, 0.1) is 0 Å². The number of carbonyl (C=O) groups excluding carboxylic acids is 1. The van der Waals surface area contributed by atoms with Crippen LogP contribution in [0.1, 0.15) is 10.4 Å². The number of anilines is 1. The fourth-order valence-corrected chi connectivity index (χ4v) is 3.22. The van der Waals surface area contributed by atoms with Gasteiger partial charge in [-0.25, -0.2) is 4.98 Å². The highest BCUT2D eigenvalue weighted by molar-refractivity contribution is 7.14. The van der Waals surface area contributed by atoms with Gasteiger partial charge in [0.05, 0.1) is 5.69 Å². The van der Waals surface area contributed by atoms with Crippen molar-refractivity contribution in [3.05, 3.63) is 83.2 Å². The topological polar surface area (TPSA) is 33.2 Å². The summed E-state index contributed by atoms with van der Waals surface area (Å²) in [7, 11) is 0. The van der Waals surface area contributed by atoms with E-state index >= 15 is 0 Å². The minimum absolute atomic E-state index is 0.125. The molecule has 0 saturated heterocycles. The Labute approximate surface area is 149 Å². The van der Waals surface area contributed by atoms with Gasteiger partial charge >= 0.3 is 0 Å². The first-order chi connectivity index (χ1) is 11.7. The minimum atomic E-state index is -0.125. The lowest BCUT2D eigenvalue weighted by atomic mass is 10.2. The second-order valence-corrected chi connectivity index (χ2v) is 6.37. The lowest BCUT2D eigenvalue weighted by Crippen LogP contribution is -2.30. The molecule has 0 saturated carbocycles. The average molecular weight is 355 g/mol. The van der Waals surface area contributed by atoms with Gasteiger partial charge in [-0.3, -0.25) is 9.69 Å². The summed E-state index contributed by atoms with van der Waals surface area (Å²) in [5.74, 6) is -0.125. The number of hydrogen-bond acceptors (Lipinski definition) is 3. The Hall–Kier alpha value is -2.43. The molecule has 5 heteroatoms. The van der Waals surface area contributed by atoms with E-state index in [9.17, 15) is 4.79 Å². The molecular weight excluding hydrogens is 340 g/mol. The third kappa shape index (κ3) is 3.55. The molecule has 1 amide bonds. The zero-order valence-electron chi connectivity index (χ0n) is 12.9. The molecule has 0 spiro atoms. The Bertz CT molecular complexity index is 843. The van der Waals surface area contributed by atoms with Gasteiger partial charge in [0.25, 0.3) is 5.91 Å². The minimum Gasteiger partial charge on any atom is -0.280 e. The highest BCUT2D eigenvalue weighted by Crippen LogP contribution is 2.28. The lowest BCUT2D eigenvalue weighted by molar-refractivity contribution is 0.0989. The second-order valence-electron chi connectivity index (χ2n) is 5.09. The van der Waals surface area contributed by atoms with Crippen LogP contribution in [0.25, 0.3) is 11.3 Å². The van der Waals surface area contributed by atoms with Crippen molar-refractivity contribution < 1.29 is 4.79 Å². The number of hydrogen-bond donors (Lipinski definition) is 0. The number of nitrogens with zero attached hydrogens (tertiary/aromatic N) is 2. The number of amides is 1. The van der Waals surface area contributed by atoms with E-state index in [1.807, 2.05) is 35.7 Å². The molecule has 2 aromatic carbocycles. The Kier molecular flexibility index (Phi) is 5.08. The van der Waals surface area contributed by atoms with Crippen LogP contribution in [-0.4, -0.2) is 17.4 Å². The molecule has 3 rings (SSSR count). The van der Waals surface area contributed by atoms with Crippen molar-refractivity contribution in [1.29, 1.82) is 0 Å². The monoisotopic (exact) mass is 354 g/mol. The fourth-order valence-electron chi connectivity index (χ4n) is 2.26. The molecular formula is C19H15ClN2OS. The van der Waals surface area contributed by atoms with Gasteiger partial charge in [0.15, 0.2) is 5.13 Å². The Balaban J connectivity index is 1.91. The largest absolute Gasteiger partial charge is 0.280 e. The number of benzene rings is 2. The van der Waals surface area contributed by atoms with Crippen LogP contribution in [-0.2, 0) is 0 Å². The molecule has 120 valence electrons. The smallest absolute Gasteiger partial charge is 0.260 e. The zero-order chi connectivity index (χ0) is 16.9. The molecule has 0 bridgehead atoms. The SMILES string of the molecule is C=CCN(C(=O)c1ccc(Cl)cc1)c1nc(-c2ccccc2)cs1. The average Bonchev–Trinajstić information content (AvgIpc) is 3.10. The summed E-state index contributed by atoms with van der Waals surface area (Å²) < 4.78 is 0. The molecule has 1 aromatic heterocycles. The molecule has 0 N–H and O–H groups in total. The molecule has 0 aliphatic heterocycles. The summed E-state index contributed by atoms with van der Waals surface area (Å²) in [6.07, 6.45) is 1.69. The van der Waals surface area contributed by atoms with Crippen LogP contribution < -0.4 is 4.90 Å². The summed E-state index contributed by atoms with van der Waals surface area (Å²) in [6, 6.07) is 16.7. The standard InChI is InChI=1S/C19H15ClN2OS/c1-2-12-22(18(23)15-8-10-16(20)11-9-15)19-21-17(13-24-19)14-6-4-3-5-7-14/h2-11,13H,1,12H2. The predicted molar refractivity (Wildman–Crippen MR) is 101 cm³/mol. The Morgan fingerprint density at radius 1 is 1.17 bits per heavy atom. The van der Waals surface area contributed by atoms with Gasteiger partial charge in [-0.05, 0) is 24.3 Å². The number of halogens is 1. The first kappa shape index (κ1) is 16.4. The van der Waals surface area contributed by atoms with Gasteiger partial charge in [0.1, 0.15) is 0 Å². The van der Waals surface area contributed by atoms with Crippen LogP contribution in [0.4, 0.5) is 5.13 Å². The first-order valence-electron chi connectivity index (χ1n) is 7.38. The summed E-state index contributed by atoms with van der Waals surface area (Å²) in [6.45, 7) is 4.14. The third-order valence-corrected chi connectivity index (χ3v) is 4.56. The summed E-state index contributed by atoms with van der Waals surface area (Å²) in [5.41, 5.74) is 2.45. The van der Waals surface area contributed by atoms with Crippen molar-refractivity contribution in [3.63, 3.8) is 0 Å². The van der Waals surface area contributed by atoms with Gasteiger partial charge in [0, 0.05) is 28.1 Å². The molecule has 1 heterocycles. The molecule has 0 aliphatic rings. The molecule has 0 fully saturated rings. The molecule has 3 aromatic rings. The summed E-state index contributed by atoms with van der Waals surface area (Å²) in [4.78, 5) is 19.0. The van der Waals surface area contributed by atoms with E-state index in [1.165, 1.54) is 11.3 Å². The van der Waals surface area contributed by atoms with E-state index in [2.05, 4.69) is 11.6 Å². The van der Waals surface area contributed by atoms with E-state index < -0.39 is 0 Å². The van der Waals surface area contributed by atoms with E-state index in [0.29, 0.717) is 22.3 Å². The van der Waals surface area contributed by atoms with Crippen molar-refractivity contribution in [3.8, 4) is 11.3 Å². The molecule has 24 heavy (non-hydrogen) atoms. The Morgan fingerprint density at radius 3 is 2.54 bits per heavy atom. The Morgan fingerprint density at radius 2 is 1.88 bits per heavy atom. The third-order valence-electron chi connectivity index (χ3n) is 3.44. The quantitative estimate of drug-likeness (QED) is 0.583. The van der Waals surface area contributed by atoms with E-state index in [1.54, 1.807) is 35.2 Å². The van der Waals surface area contributed by atoms with Gasteiger partial charge in [0.2, 0.25) is 0 Å². The number of rotatable bonds is 5. The number of aromatic nitrogens is 1. The molecule has 0 aliphatic carbocycles. The first-order valence-corrected chi connectivity index (χ1v) is 8.64. The van der Waals surface area contributed by atoms with E-state index in [0.717, 1.165) is 11.3 Å². The van der Waals surface area contributed by atoms with Crippen LogP contribution in [0.5, 0.6) is 0 Å². The van der Waals surface area contributed by atoms with E-state index in [4.69, 9.17) is 11.6 Å². The van der Waals surface area contributed by atoms with Crippen LogP contribution in [0.2, 0.25) is 5.02 Å². The highest BCUT2D eigenvalue weighted by Gasteiger charge is 2.20. The fraction of sp³-hybridized carbons (Fsp3) is 0.0526. The molecule has 3 nitrogen and oxygen atoms in total. The van der Waals surface area contributed by atoms with Crippen molar-refractivity contribution in [2.75, 3.05) is 11.4 Å². The maximum atomic E-state index is 12.8. The summed E-state index contributed by atoms with van der Waals surface area (Å²) in [5, 5.41) is 3.20. The van der Waals surface area contributed by atoms with Crippen LogP contribution in [0.15, 0.2) is 72.6 Å². The second kappa shape index (κ2) is 7.43. The van der Waals surface area contributed by atoms with Gasteiger partial charge < -0.3 is 0 Å². The number of thiazole rings is 1. The number of carbonyl (C=O) groups is 1.